The number of piperidine rings is 1. The zero-order valence-electron chi connectivity index (χ0n) is 24.3. The number of carbonyl (C=O) groups is 2. The highest BCUT2D eigenvalue weighted by Gasteiger charge is 2.51. The van der Waals surface area contributed by atoms with E-state index in [0.29, 0.717) is 32.4 Å². The zero-order valence-corrected chi connectivity index (χ0v) is 24.3. The number of aromatic nitrogens is 2. The molecule has 0 radical (unpaired) electrons. The molecule has 5 aromatic rings. The molecule has 0 bridgehead atoms. The lowest BCUT2D eigenvalue weighted by atomic mass is 9.59. The van der Waals surface area contributed by atoms with Gasteiger partial charge in [0.15, 0.2) is 5.78 Å². The third kappa shape index (κ3) is 4.54. The Morgan fingerprint density at radius 1 is 0.773 bits per heavy atom. The smallest absolute Gasteiger partial charge is 0.407 e. The van der Waals surface area contributed by atoms with Crippen molar-refractivity contribution in [1.82, 2.24) is 14.5 Å². The number of carbonyl (C=O) groups excluding carboxylic acids is 1. The number of hydrogen-bond donors (Lipinski definition) is 1. The van der Waals surface area contributed by atoms with Crippen molar-refractivity contribution in [2.45, 2.75) is 24.8 Å². The van der Waals surface area contributed by atoms with Crippen LogP contribution in [-0.4, -0.2) is 44.5 Å². The minimum absolute atomic E-state index is 0.152. The normalized spacial score (nSPS) is 17.0. The van der Waals surface area contributed by atoms with Gasteiger partial charge in [-0.3, -0.25) is 4.79 Å². The van der Waals surface area contributed by atoms with Gasteiger partial charge < -0.3 is 14.6 Å². The van der Waals surface area contributed by atoms with Crippen LogP contribution in [-0.2, 0) is 10.3 Å². The lowest BCUT2D eigenvalue weighted by Crippen LogP contribution is -2.52. The van der Waals surface area contributed by atoms with E-state index in [2.05, 4.69) is 89.6 Å². The van der Waals surface area contributed by atoms with Gasteiger partial charge in [0.1, 0.15) is 5.54 Å². The van der Waals surface area contributed by atoms with Crippen molar-refractivity contribution in [1.29, 1.82) is 0 Å². The Morgan fingerprint density at radius 3 is 1.82 bits per heavy atom. The van der Waals surface area contributed by atoms with Gasteiger partial charge in [-0.05, 0) is 53.2 Å². The molecule has 1 saturated heterocycles. The van der Waals surface area contributed by atoms with E-state index >= 15 is 0 Å². The number of carboxylic acid groups (broad SMARTS) is 1. The number of allylic oxidation sites excluding steroid dienone is 1. The molecule has 218 valence electrons. The average Bonchev–Trinajstić information content (AvgIpc) is 3.57. The van der Waals surface area contributed by atoms with Crippen LogP contribution in [0.1, 0.15) is 41.5 Å². The largest absolute Gasteiger partial charge is 0.465 e. The van der Waals surface area contributed by atoms with Gasteiger partial charge in [-0.2, -0.15) is 0 Å². The number of ketones is 1. The van der Waals surface area contributed by atoms with E-state index in [1.54, 1.807) is 0 Å². The Bertz CT molecular complexity index is 1740. The van der Waals surface area contributed by atoms with Crippen LogP contribution in [0.15, 0.2) is 133 Å². The Balaban J connectivity index is 1.28. The average molecular weight is 580 g/mol. The summed E-state index contributed by atoms with van der Waals surface area (Å²) in [6, 6.07) is 39.6. The van der Waals surface area contributed by atoms with Gasteiger partial charge >= 0.3 is 6.09 Å². The number of hydrogen-bond acceptors (Lipinski definition) is 3. The predicted molar refractivity (Wildman–Crippen MR) is 171 cm³/mol. The maximum Gasteiger partial charge on any atom is 0.407 e. The van der Waals surface area contributed by atoms with Crippen LogP contribution in [0.3, 0.4) is 0 Å². The second-order valence-corrected chi connectivity index (χ2v) is 11.8. The lowest BCUT2D eigenvalue weighted by Gasteiger charge is -2.47. The summed E-state index contributed by atoms with van der Waals surface area (Å²) in [5, 5.41) is 9.32. The van der Waals surface area contributed by atoms with Crippen molar-refractivity contribution in [3.05, 3.63) is 156 Å². The van der Waals surface area contributed by atoms with Gasteiger partial charge in [-0.15, -0.1) is 0 Å². The number of rotatable bonds is 6. The molecule has 2 fully saturated rings. The van der Waals surface area contributed by atoms with Crippen molar-refractivity contribution in [2.75, 3.05) is 13.1 Å². The molecule has 6 nitrogen and oxygen atoms in total. The minimum atomic E-state index is -0.911. The number of Topliss-reactive ketones (excluding diaryl/α,β-unsaturated/α-hetero) is 1. The molecule has 0 unspecified atom stereocenters. The standard InChI is InChI=1S/C38H33N3O3/c42-35-29(25-37(35)20-22-40(23-21-37)36(43)44)24-28-12-10-11-19-33(28)34-26-41(27-39-34)38(30-13-4-1-5-14-30,31-15-6-2-7-16-31)32-17-8-3-9-18-32/h1-19,24,26-27H,20-23,25H2,(H,43,44)/b29-24+. The first-order valence-corrected chi connectivity index (χ1v) is 15.0. The highest BCUT2D eigenvalue weighted by atomic mass is 16.4. The Morgan fingerprint density at radius 2 is 1.30 bits per heavy atom. The quantitative estimate of drug-likeness (QED) is 0.167. The van der Waals surface area contributed by atoms with E-state index in [9.17, 15) is 14.7 Å². The maximum atomic E-state index is 13.4. The van der Waals surface area contributed by atoms with E-state index in [-0.39, 0.29) is 5.78 Å². The van der Waals surface area contributed by atoms with Crippen LogP contribution in [0.25, 0.3) is 17.3 Å². The fourth-order valence-electron chi connectivity index (χ4n) is 7.08. The fourth-order valence-corrected chi connectivity index (χ4v) is 7.08. The lowest BCUT2D eigenvalue weighted by molar-refractivity contribution is -0.133. The van der Waals surface area contributed by atoms with E-state index in [4.69, 9.17) is 4.98 Å². The SMILES string of the molecule is O=C(O)N1CCC2(CC1)C/C(=C\c1ccccc1-c1cn(C(c3ccccc3)(c3ccccc3)c3ccccc3)cn1)C2=O. The molecule has 1 saturated carbocycles. The van der Waals surface area contributed by atoms with E-state index in [1.165, 1.54) is 4.90 Å². The Labute approximate surface area is 256 Å². The summed E-state index contributed by atoms with van der Waals surface area (Å²) in [6.45, 7) is 0.822. The number of nitrogens with zero attached hydrogens (tertiary/aromatic N) is 3. The van der Waals surface area contributed by atoms with Crippen molar-refractivity contribution >= 4 is 18.0 Å². The van der Waals surface area contributed by atoms with E-state index in [0.717, 1.165) is 39.1 Å². The molecule has 1 N–H and O–H groups in total. The minimum Gasteiger partial charge on any atom is -0.465 e. The monoisotopic (exact) mass is 579 g/mol. The summed E-state index contributed by atoms with van der Waals surface area (Å²) in [5.74, 6) is 0.152. The molecular formula is C38H33N3O3. The maximum absolute atomic E-state index is 13.4. The topological polar surface area (TPSA) is 75.4 Å². The second kappa shape index (κ2) is 11.1. The van der Waals surface area contributed by atoms with Crippen LogP contribution in [0.4, 0.5) is 4.79 Å². The summed E-state index contributed by atoms with van der Waals surface area (Å²) in [5.41, 5.74) is 5.80. The molecule has 1 amide bonds. The zero-order chi connectivity index (χ0) is 30.1. The van der Waals surface area contributed by atoms with Crippen LogP contribution >= 0.6 is 0 Å². The number of likely N-dealkylation sites (tertiary alicyclic amines) is 1. The van der Waals surface area contributed by atoms with Crippen molar-refractivity contribution < 1.29 is 14.7 Å². The molecule has 0 atom stereocenters. The molecule has 1 aliphatic carbocycles. The van der Waals surface area contributed by atoms with Gasteiger partial charge in [0.25, 0.3) is 0 Å². The summed E-state index contributed by atoms with van der Waals surface area (Å²) >= 11 is 0. The van der Waals surface area contributed by atoms with E-state index in [1.807, 2.05) is 48.8 Å². The molecule has 7 rings (SSSR count). The van der Waals surface area contributed by atoms with Gasteiger partial charge in [0, 0.05) is 30.3 Å². The van der Waals surface area contributed by atoms with Crippen molar-refractivity contribution in [2.24, 2.45) is 5.41 Å². The fraction of sp³-hybridized carbons (Fsp3) is 0.184. The summed E-state index contributed by atoms with van der Waals surface area (Å²) in [6.07, 6.45) is 6.96. The third-order valence-electron chi connectivity index (χ3n) is 9.40. The molecule has 2 heterocycles. The van der Waals surface area contributed by atoms with Gasteiger partial charge in [0.2, 0.25) is 0 Å². The molecule has 1 aromatic heterocycles. The number of imidazole rings is 1. The van der Waals surface area contributed by atoms with Crippen LogP contribution in [0.5, 0.6) is 0 Å². The summed E-state index contributed by atoms with van der Waals surface area (Å²) < 4.78 is 2.20. The van der Waals surface area contributed by atoms with Crippen LogP contribution in [0.2, 0.25) is 0 Å². The van der Waals surface area contributed by atoms with Crippen molar-refractivity contribution in [3.63, 3.8) is 0 Å². The molecule has 44 heavy (non-hydrogen) atoms. The number of amides is 1. The Kier molecular flexibility index (Phi) is 6.97. The second-order valence-electron chi connectivity index (χ2n) is 11.8. The first-order chi connectivity index (χ1) is 21.5. The molecule has 4 aromatic carbocycles. The first-order valence-electron chi connectivity index (χ1n) is 15.0. The third-order valence-corrected chi connectivity index (χ3v) is 9.40. The summed E-state index contributed by atoms with van der Waals surface area (Å²) in [7, 11) is 0. The van der Waals surface area contributed by atoms with E-state index < -0.39 is 17.0 Å². The van der Waals surface area contributed by atoms with Crippen molar-refractivity contribution in [3.8, 4) is 11.3 Å². The summed E-state index contributed by atoms with van der Waals surface area (Å²) in [4.78, 5) is 31.1. The number of benzene rings is 4. The molecule has 6 heteroatoms. The Hall–Kier alpha value is -5.23. The highest BCUT2D eigenvalue weighted by molar-refractivity contribution is 6.10. The van der Waals surface area contributed by atoms with Crippen LogP contribution < -0.4 is 0 Å². The first kappa shape index (κ1) is 27.6. The highest BCUT2D eigenvalue weighted by Crippen LogP contribution is 2.50. The van der Waals surface area contributed by atoms with Gasteiger partial charge in [-0.25, -0.2) is 9.78 Å². The van der Waals surface area contributed by atoms with Gasteiger partial charge in [0.05, 0.1) is 12.0 Å². The molecule has 1 aliphatic heterocycles. The van der Waals surface area contributed by atoms with Crippen LogP contribution in [0, 0.1) is 5.41 Å². The molecule has 2 aliphatic rings. The predicted octanol–water partition coefficient (Wildman–Crippen LogP) is 7.51. The van der Waals surface area contributed by atoms with Gasteiger partial charge in [-0.1, -0.05) is 115 Å². The molecule has 1 spiro atoms. The molecular weight excluding hydrogens is 546 g/mol.